The average Bonchev–Trinajstić information content (AvgIpc) is 3.40. The first-order valence-electron chi connectivity index (χ1n) is 10.8. The Labute approximate surface area is 182 Å². The molecule has 0 atom stereocenters. The maximum Gasteiger partial charge on any atom is 0.328 e. The Morgan fingerprint density at radius 2 is 1.71 bits per heavy atom. The molecule has 0 aliphatic heterocycles. The summed E-state index contributed by atoms with van der Waals surface area (Å²) in [6.45, 7) is 7.68. The molecule has 4 aromatic rings. The molecule has 0 saturated heterocycles. The first-order chi connectivity index (χ1) is 15.1. The number of tetrazole rings is 1. The minimum atomic E-state index is 0.0934. The third kappa shape index (κ3) is 4.08. The molecule has 7 nitrogen and oxygen atoms in total. The number of hydrogen-bond donors (Lipinski definition) is 0. The van der Waals surface area contributed by atoms with Gasteiger partial charge in [0.25, 0.3) is 0 Å². The van der Waals surface area contributed by atoms with Crippen LogP contribution in [-0.4, -0.2) is 29.3 Å². The molecule has 2 heterocycles. The molecular weight excluding hydrogens is 388 g/mol. The van der Waals surface area contributed by atoms with Gasteiger partial charge in [-0.05, 0) is 47.4 Å². The van der Waals surface area contributed by atoms with Gasteiger partial charge < -0.3 is 0 Å². The van der Waals surface area contributed by atoms with E-state index in [1.54, 1.807) is 11.0 Å². The fourth-order valence-electron chi connectivity index (χ4n) is 4.12. The summed E-state index contributed by atoms with van der Waals surface area (Å²) in [6, 6.07) is 16.4. The third-order valence-corrected chi connectivity index (χ3v) is 5.65. The predicted molar refractivity (Wildman–Crippen MR) is 121 cm³/mol. The molecule has 4 rings (SSSR count). The zero-order valence-electron chi connectivity index (χ0n) is 18.3. The van der Waals surface area contributed by atoms with E-state index in [2.05, 4.69) is 66.6 Å². The van der Waals surface area contributed by atoms with Crippen LogP contribution in [0.2, 0.25) is 0 Å². The molecule has 2 aromatic heterocycles. The lowest BCUT2D eigenvalue weighted by molar-refractivity contribution is 0.612. The fraction of sp³-hybridized carbons (Fsp3) is 0.333. The van der Waals surface area contributed by atoms with Gasteiger partial charge in [0.15, 0.2) is 0 Å². The summed E-state index contributed by atoms with van der Waals surface area (Å²) in [5, 5.41) is 11.5. The molecule has 0 N–H and O–H groups in total. The number of imidazole rings is 1. The second kappa shape index (κ2) is 9.12. The van der Waals surface area contributed by atoms with E-state index in [0.29, 0.717) is 6.54 Å². The van der Waals surface area contributed by atoms with Crippen molar-refractivity contribution in [1.29, 1.82) is 0 Å². The van der Waals surface area contributed by atoms with Gasteiger partial charge in [0, 0.05) is 23.5 Å². The van der Waals surface area contributed by atoms with Crippen LogP contribution in [-0.2, 0) is 19.5 Å². The van der Waals surface area contributed by atoms with Crippen LogP contribution in [0.3, 0.4) is 0 Å². The van der Waals surface area contributed by atoms with Crippen molar-refractivity contribution in [3.63, 3.8) is 0 Å². The van der Waals surface area contributed by atoms with E-state index in [0.717, 1.165) is 59.6 Å². The van der Waals surface area contributed by atoms with Crippen molar-refractivity contribution in [3.8, 4) is 16.8 Å². The molecule has 0 radical (unpaired) electrons. The number of hydrogen-bond acceptors (Lipinski definition) is 4. The highest BCUT2D eigenvalue weighted by Crippen LogP contribution is 2.26. The highest BCUT2D eigenvalue weighted by atomic mass is 16.1. The average molecular weight is 417 g/mol. The van der Waals surface area contributed by atoms with Crippen molar-refractivity contribution in [3.05, 3.63) is 82.3 Å². The molecule has 7 heteroatoms. The molecule has 0 aliphatic carbocycles. The maximum atomic E-state index is 13.0. The lowest BCUT2D eigenvalue weighted by Crippen LogP contribution is -2.25. The smallest absolute Gasteiger partial charge is 0.296 e. The predicted octanol–water partition coefficient (Wildman–Crippen LogP) is 4.01. The van der Waals surface area contributed by atoms with Crippen molar-refractivity contribution in [1.82, 2.24) is 29.3 Å². The first-order valence-corrected chi connectivity index (χ1v) is 10.8. The van der Waals surface area contributed by atoms with Gasteiger partial charge in [-0.2, -0.15) is 4.68 Å². The van der Waals surface area contributed by atoms with Crippen molar-refractivity contribution < 1.29 is 0 Å². The Morgan fingerprint density at radius 3 is 2.39 bits per heavy atom. The summed E-state index contributed by atoms with van der Waals surface area (Å²) >= 11 is 0. The highest BCUT2D eigenvalue weighted by Gasteiger charge is 2.16. The Hall–Kier alpha value is -3.48. The summed E-state index contributed by atoms with van der Waals surface area (Å²) in [7, 11) is 0. The monoisotopic (exact) mass is 416 g/mol. The van der Waals surface area contributed by atoms with Crippen LogP contribution in [0.5, 0.6) is 0 Å². The fourth-order valence-corrected chi connectivity index (χ4v) is 4.12. The van der Waals surface area contributed by atoms with Gasteiger partial charge in [-0.25, -0.2) is 4.79 Å². The van der Waals surface area contributed by atoms with Gasteiger partial charge >= 0.3 is 5.69 Å². The number of rotatable bonds is 8. The molecule has 0 fully saturated rings. The van der Waals surface area contributed by atoms with Crippen LogP contribution >= 0.6 is 0 Å². The zero-order chi connectivity index (χ0) is 21.8. The van der Waals surface area contributed by atoms with E-state index in [4.69, 9.17) is 0 Å². The summed E-state index contributed by atoms with van der Waals surface area (Å²) in [6.07, 6.45) is 4.47. The topological polar surface area (TPSA) is 70.5 Å². The second-order valence-electron chi connectivity index (χ2n) is 7.77. The first kappa shape index (κ1) is 20.8. The summed E-state index contributed by atoms with van der Waals surface area (Å²) in [4.78, 5) is 13.0. The quantitative estimate of drug-likeness (QED) is 0.435. The van der Waals surface area contributed by atoms with Crippen molar-refractivity contribution in [2.45, 2.75) is 53.1 Å². The maximum absolute atomic E-state index is 13.0. The molecule has 0 saturated carbocycles. The van der Waals surface area contributed by atoms with Crippen LogP contribution in [0, 0.1) is 6.92 Å². The van der Waals surface area contributed by atoms with E-state index >= 15 is 0 Å². The van der Waals surface area contributed by atoms with Crippen LogP contribution < -0.4 is 5.69 Å². The molecule has 0 spiro atoms. The molecule has 0 unspecified atom stereocenters. The van der Waals surface area contributed by atoms with Crippen LogP contribution in [0.1, 0.15) is 43.6 Å². The molecule has 0 amide bonds. The Bertz CT molecular complexity index is 1200. The number of aromatic nitrogens is 6. The van der Waals surface area contributed by atoms with E-state index < -0.39 is 0 Å². The van der Waals surface area contributed by atoms with Crippen LogP contribution in [0.15, 0.2) is 59.7 Å². The van der Waals surface area contributed by atoms with Crippen LogP contribution in [0.25, 0.3) is 16.8 Å². The van der Waals surface area contributed by atoms with Gasteiger partial charge in [-0.15, -0.1) is 5.10 Å². The van der Waals surface area contributed by atoms with Gasteiger partial charge in [0.2, 0.25) is 0 Å². The Balaban J connectivity index is 1.66. The van der Waals surface area contributed by atoms with Gasteiger partial charge in [-0.1, -0.05) is 62.7 Å². The highest BCUT2D eigenvalue weighted by molar-refractivity contribution is 5.72. The molecule has 160 valence electrons. The van der Waals surface area contributed by atoms with E-state index in [1.807, 2.05) is 27.3 Å². The number of nitrogens with zero attached hydrogens (tertiary/aromatic N) is 6. The molecular formula is C24H28N6O. The minimum absolute atomic E-state index is 0.0934. The minimum Gasteiger partial charge on any atom is -0.296 e. The van der Waals surface area contributed by atoms with E-state index in [1.165, 1.54) is 0 Å². The van der Waals surface area contributed by atoms with Gasteiger partial charge in [-0.3, -0.25) is 9.13 Å². The zero-order valence-corrected chi connectivity index (χ0v) is 18.3. The molecule has 31 heavy (non-hydrogen) atoms. The summed E-state index contributed by atoms with van der Waals surface area (Å²) in [5.74, 6) is 0. The van der Waals surface area contributed by atoms with E-state index in [-0.39, 0.29) is 5.69 Å². The van der Waals surface area contributed by atoms with Crippen molar-refractivity contribution in [2.24, 2.45) is 0 Å². The van der Waals surface area contributed by atoms with Gasteiger partial charge in [0.1, 0.15) is 6.33 Å². The standard InChI is InChI=1S/C24H28N6O/c1-4-8-22-18(3)28(15-5-2)24(31)29(22)16-19-11-13-20(14-12-19)21-9-6-7-10-23(21)30-17-25-26-27-30/h6-7,9-14,17H,4-5,8,15-16H2,1-3H3. The normalized spacial score (nSPS) is 11.2. The largest absolute Gasteiger partial charge is 0.328 e. The Morgan fingerprint density at radius 1 is 0.935 bits per heavy atom. The summed E-state index contributed by atoms with van der Waals surface area (Å²) in [5.41, 5.74) is 6.50. The Kier molecular flexibility index (Phi) is 6.11. The molecule has 2 aromatic carbocycles. The number of benzene rings is 2. The molecule has 0 bridgehead atoms. The van der Waals surface area contributed by atoms with Crippen LogP contribution in [0.4, 0.5) is 0 Å². The molecule has 0 aliphatic rings. The number of para-hydroxylation sites is 1. The van der Waals surface area contributed by atoms with E-state index in [9.17, 15) is 4.79 Å². The van der Waals surface area contributed by atoms with Crippen molar-refractivity contribution in [2.75, 3.05) is 0 Å². The SMILES string of the molecule is CCCc1c(C)n(CCC)c(=O)n1Cc1ccc(-c2ccccc2-n2cnnn2)cc1. The van der Waals surface area contributed by atoms with Gasteiger partial charge in [0.05, 0.1) is 12.2 Å². The second-order valence-corrected chi connectivity index (χ2v) is 7.77. The lowest BCUT2D eigenvalue weighted by Gasteiger charge is -2.11. The summed E-state index contributed by atoms with van der Waals surface area (Å²) < 4.78 is 5.53. The van der Waals surface area contributed by atoms with Crippen molar-refractivity contribution >= 4 is 0 Å². The third-order valence-electron chi connectivity index (χ3n) is 5.65. The lowest BCUT2D eigenvalue weighted by atomic mass is 10.0.